The smallest absolute Gasteiger partial charge is 0.326 e. The summed E-state index contributed by atoms with van der Waals surface area (Å²) in [5, 5.41) is 16.6. The van der Waals surface area contributed by atoms with Crippen LogP contribution in [0.15, 0.2) is 30.3 Å². The Balaban J connectivity index is 3.05. The third-order valence-electron chi connectivity index (χ3n) is 5.81. The maximum atomic E-state index is 13.0. The number of amides is 5. The maximum Gasteiger partial charge on any atom is 0.326 e. The van der Waals surface area contributed by atoms with Gasteiger partial charge in [0.15, 0.2) is 0 Å². The van der Waals surface area contributed by atoms with Crippen molar-refractivity contribution < 1.29 is 33.9 Å². The van der Waals surface area contributed by atoms with Gasteiger partial charge in [-0.25, -0.2) is 4.79 Å². The topological polar surface area (TPSA) is 237 Å². The van der Waals surface area contributed by atoms with E-state index in [1.807, 2.05) is 6.92 Å². The summed E-state index contributed by atoms with van der Waals surface area (Å²) in [6, 6.07) is 3.38. The lowest BCUT2D eigenvalue weighted by Gasteiger charge is -2.25. The fourth-order valence-corrected chi connectivity index (χ4v) is 3.34. The fourth-order valence-electron chi connectivity index (χ4n) is 3.34. The lowest BCUT2D eigenvalue weighted by Crippen LogP contribution is -2.58. The van der Waals surface area contributed by atoms with Gasteiger partial charge in [-0.3, -0.25) is 24.0 Å². The van der Waals surface area contributed by atoms with E-state index in [-0.39, 0.29) is 25.2 Å². The summed E-state index contributed by atoms with van der Waals surface area (Å²) in [6.07, 6.45) is -0.554. The van der Waals surface area contributed by atoms with Gasteiger partial charge in [0.2, 0.25) is 29.5 Å². The van der Waals surface area contributed by atoms with Gasteiger partial charge < -0.3 is 38.3 Å². The maximum absolute atomic E-state index is 13.0. The molecule has 0 aliphatic rings. The molecule has 5 unspecified atom stereocenters. The molecule has 0 fully saturated rings. The number of aliphatic carboxylic acids is 1. The first kappa shape index (κ1) is 31.0. The second-order valence-corrected chi connectivity index (χ2v) is 8.80. The lowest BCUT2D eigenvalue weighted by atomic mass is 9.98. The van der Waals surface area contributed by atoms with Crippen molar-refractivity contribution in [2.24, 2.45) is 23.1 Å². The average molecular weight is 521 g/mol. The minimum atomic E-state index is -1.54. The second-order valence-electron chi connectivity index (χ2n) is 8.80. The number of primary amides is 2. The Hall–Kier alpha value is -4.00. The van der Waals surface area contributed by atoms with E-state index in [4.69, 9.17) is 17.2 Å². The molecule has 13 heteroatoms. The summed E-state index contributed by atoms with van der Waals surface area (Å²) in [5.74, 6) is -5.71. The number of carbonyl (C=O) groups is 6. The standard InChI is InChI=1S/C24H36N6O7/c1-3-13(2)20(27)23(35)28-15(9-10-18(25)31)21(33)29-16(12-19(26)32)22(34)30-17(24(36)37)11-14-7-5-4-6-8-14/h4-8,13,15-17,20H,3,9-12,27H2,1-2H3,(H2,25,31)(H2,26,32)(H,28,35)(H,29,33)(H,30,34)(H,36,37). The highest BCUT2D eigenvalue weighted by Crippen LogP contribution is 2.08. The molecule has 0 heterocycles. The Morgan fingerprint density at radius 1 is 0.838 bits per heavy atom. The number of rotatable bonds is 16. The van der Waals surface area contributed by atoms with Crippen LogP contribution in [0.25, 0.3) is 0 Å². The molecule has 13 nitrogen and oxygen atoms in total. The molecule has 37 heavy (non-hydrogen) atoms. The molecule has 10 N–H and O–H groups in total. The molecular weight excluding hydrogens is 484 g/mol. The first-order valence-electron chi connectivity index (χ1n) is 11.9. The molecule has 0 aliphatic heterocycles. The SMILES string of the molecule is CCC(C)C(N)C(=O)NC(CCC(N)=O)C(=O)NC(CC(N)=O)C(=O)NC(Cc1ccccc1)C(=O)O. The van der Waals surface area contributed by atoms with Crippen LogP contribution in [0.5, 0.6) is 0 Å². The second kappa shape index (κ2) is 15.2. The largest absolute Gasteiger partial charge is 0.480 e. The molecule has 1 aromatic rings. The van der Waals surface area contributed by atoms with Crippen molar-refractivity contribution >= 4 is 35.5 Å². The van der Waals surface area contributed by atoms with Crippen molar-refractivity contribution in [2.45, 2.75) is 70.1 Å². The van der Waals surface area contributed by atoms with Crippen LogP contribution < -0.4 is 33.2 Å². The average Bonchev–Trinajstić information content (AvgIpc) is 2.84. The van der Waals surface area contributed by atoms with Gasteiger partial charge in [0.1, 0.15) is 18.1 Å². The van der Waals surface area contributed by atoms with E-state index in [0.29, 0.717) is 12.0 Å². The number of benzene rings is 1. The van der Waals surface area contributed by atoms with Crippen LogP contribution in [0.4, 0.5) is 0 Å². The van der Waals surface area contributed by atoms with Gasteiger partial charge in [0.25, 0.3) is 0 Å². The number of hydrogen-bond acceptors (Lipinski definition) is 7. The Morgan fingerprint density at radius 3 is 1.89 bits per heavy atom. The molecule has 5 amide bonds. The van der Waals surface area contributed by atoms with Gasteiger partial charge in [-0.1, -0.05) is 50.6 Å². The van der Waals surface area contributed by atoms with Crippen molar-refractivity contribution in [3.8, 4) is 0 Å². The van der Waals surface area contributed by atoms with Crippen LogP contribution in [-0.4, -0.2) is 64.8 Å². The molecule has 0 aromatic heterocycles. The summed E-state index contributed by atoms with van der Waals surface area (Å²) in [6.45, 7) is 3.59. The van der Waals surface area contributed by atoms with Gasteiger partial charge >= 0.3 is 5.97 Å². The van der Waals surface area contributed by atoms with Crippen molar-refractivity contribution in [3.05, 3.63) is 35.9 Å². The summed E-state index contributed by atoms with van der Waals surface area (Å²) in [5.41, 5.74) is 17.0. The predicted molar refractivity (Wildman–Crippen MR) is 133 cm³/mol. The van der Waals surface area contributed by atoms with Crippen LogP contribution in [0.2, 0.25) is 0 Å². The van der Waals surface area contributed by atoms with E-state index < -0.39 is 66.1 Å². The van der Waals surface area contributed by atoms with Gasteiger partial charge in [0.05, 0.1) is 12.5 Å². The Morgan fingerprint density at radius 2 is 1.38 bits per heavy atom. The van der Waals surface area contributed by atoms with Gasteiger partial charge in [-0.05, 0) is 17.9 Å². The molecular formula is C24H36N6O7. The molecule has 204 valence electrons. The molecule has 0 saturated heterocycles. The van der Waals surface area contributed by atoms with Crippen molar-refractivity contribution in [1.82, 2.24) is 16.0 Å². The molecule has 0 bridgehead atoms. The van der Waals surface area contributed by atoms with Gasteiger partial charge in [-0.2, -0.15) is 0 Å². The molecule has 0 radical (unpaired) electrons. The fraction of sp³-hybridized carbons (Fsp3) is 0.500. The van der Waals surface area contributed by atoms with Crippen molar-refractivity contribution in [3.63, 3.8) is 0 Å². The molecule has 5 atom stereocenters. The normalized spacial score (nSPS) is 14.8. The Kier molecular flexibility index (Phi) is 12.7. The minimum Gasteiger partial charge on any atom is -0.480 e. The van der Waals surface area contributed by atoms with E-state index in [1.165, 1.54) is 0 Å². The molecule has 0 aliphatic carbocycles. The monoisotopic (exact) mass is 520 g/mol. The zero-order valence-corrected chi connectivity index (χ0v) is 20.9. The highest BCUT2D eigenvalue weighted by atomic mass is 16.4. The van der Waals surface area contributed by atoms with Crippen LogP contribution in [0.1, 0.15) is 45.1 Å². The molecule has 1 rings (SSSR count). The number of nitrogens with one attached hydrogen (secondary N) is 3. The highest BCUT2D eigenvalue weighted by molar-refractivity contribution is 5.96. The number of nitrogens with two attached hydrogens (primary N) is 3. The Bertz CT molecular complexity index is 972. The van der Waals surface area contributed by atoms with Crippen LogP contribution >= 0.6 is 0 Å². The van der Waals surface area contributed by atoms with E-state index in [0.717, 1.165) is 0 Å². The van der Waals surface area contributed by atoms with Gasteiger partial charge in [0, 0.05) is 12.8 Å². The predicted octanol–water partition coefficient (Wildman–Crippen LogP) is -1.72. The number of carbonyl (C=O) groups excluding carboxylic acids is 5. The first-order valence-corrected chi connectivity index (χ1v) is 11.9. The van der Waals surface area contributed by atoms with Crippen molar-refractivity contribution in [2.75, 3.05) is 0 Å². The molecule has 0 saturated carbocycles. The van der Waals surface area contributed by atoms with E-state index in [2.05, 4.69) is 16.0 Å². The molecule has 1 aromatic carbocycles. The summed E-state index contributed by atoms with van der Waals surface area (Å²) in [4.78, 5) is 73.0. The van der Waals surface area contributed by atoms with Crippen LogP contribution in [0, 0.1) is 5.92 Å². The summed E-state index contributed by atoms with van der Waals surface area (Å²) in [7, 11) is 0. The van der Waals surface area contributed by atoms with E-state index in [1.54, 1.807) is 37.3 Å². The summed E-state index contributed by atoms with van der Waals surface area (Å²) < 4.78 is 0. The highest BCUT2D eigenvalue weighted by Gasteiger charge is 2.32. The number of carboxylic acid groups (broad SMARTS) is 1. The van der Waals surface area contributed by atoms with Gasteiger partial charge in [-0.15, -0.1) is 0 Å². The first-order chi connectivity index (χ1) is 17.3. The van der Waals surface area contributed by atoms with Crippen LogP contribution in [0.3, 0.4) is 0 Å². The quantitative estimate of drug-likeness (QED) is 0.132. The number of carboxylic acids is 1. The third-order valence-corrected chi connectivity index (χ3v) is 5.81. The number of hydrogen-bond donors (Lipinski definition) is 7. The lowest BCUT2D eigenvalue weighted by molar-refractivity contribution is -0.142. The van der Waals surface area contributed by atoms with E-state index in [9.17, 15) is 33.9 Å². The summed E-state index contributed by atoms with van der Waals surface area (Å²) >= 11 is 0. The zero-order valence-electron chi connectivity index (χ0n) is 20.9. The van der Waals surface area contributed by atoms with E-state index >= 15 is 0 Å². The minimum absolute atomic E-state index is 0.0516. The van der Waals surface area contributed by atoms with Crippen molar-refractivity contribution in [1.29, 1.82) is 0 Å². The third kappa shape index (κ3) is 11.1. The zero-order chi connectivity index (χ0) is 28.1. The molecule has 0 spiro atoms. The van der Waals surface area contributed by atoms with Crippen LogP contribution in [-0.2, 0) is 35.2 Å². The Labute approximate surface area is 214 Å².